The van der Waals surface area contributed by atoms with E-state index in [1.54, 1.807) is 12.3 Å². The van der Waals surface area contributed by atoms with Gasteiger partial charge >= 0.3 is 5.97 Å². The molecule has 0 spiro atoms. The first-order valence-corrected chi connectivity index (χ1v) is 9.82. The van der Waals surface area contributed by atoms with Crippen molar-refractivity contribution in [3.63, 3.8) is 0 Å². The van der Waals surface area contributed by atoms with Crippen molar-refractivity contribution in [2.24, 2.45) is 0 Å². The van der Waals surface area contributed by atoms with Crippen molar-refractivity contribution in [3.05, 3.63) is 23.8 Å². The van der Waals surface area contributed by atoms with Crippen LogP contribution in [0.2, 0.25) is 0 Å². The molecule has 0 aromatic carbocycles. The van der Waals surface area contributed by atoms with E-state index in [4.69, 9.17) is 4.74 Å². The van der Waals surface area contributed by atoms with Gasteiger partial charge in [0.05, 0.1) is 18.1 Å². The summed E-state index contributed by atoms with van der Waals surface area (Å²) in [6.07, 6.45) is 7.36. The summed E-state index contributed by atoms with van der Waals surface area (Å²) in [7, 11) is -1.79. The molecule has 0 N–H and O–H groups in total. The van der Waals surface area contributed by atoms with E-state index < -0.39 is 15.3 Å². The van der Waals surface area contributed by atoms with Gasteiger partial charge in [-0.2, -0.15) is 0 Å². The maximum atomic E-state index is 12.4. The largest absolute Gasteiger partial charge is 0.468 e. The van der Waals surface area contributed by atoms with E-state index in [2.05, 4.69) is 9.97 Å². The number of carbonyl (C=O) groups excluding carboxylic acids is 1. The number of aromatic nitrogens is 2. The Morgan fingerprint density at radius 3 is 2.61 bits per heavy atom. The van der Waals surface area contributed by atoms with E-state index in [1.807, 2.05) is 0 Å². The summed E-state index contributed by atoms with van der Waals surface area (Å²) in [6, 6.07) is 1.72. The van der Waals surface area contributed by atoms with Crippen LogP contribution in [0.5, 0.6) is 0 Å². The number of hydrogen-bond donors (Lipinski definition) is 0. The van der Waals surface area contributed by atoms with Gasteiger partial charge < -0.3 is 4.74 Å². The maximum Gasteiger partial charge on any atom is 0.317 e. The fourth-order valence-corrected chi connectivity index (χ4v) is 4.96. The number of carbonyl (C=O) groups is 1. The summed E-state index contributed by atoms with van der Waals surface area (Å²) in [4.78, 5) is 20.9. The molecule has 1 heterocycles. The first-order chi connectivity index (χ1) is 11.0. The van der Waals surface area contributed by atoms with Crippen molar-refractivity contribution < 1.29 is 17.9 Å². The van der Waals surface area contributed by atoms with Gasteiger partial charge in [0.2, 0.25) is 0 Å². The fraction of sp³-hybridized carbons (Fsp3) is 0.688. The Kier molecular flexibility index (Phi) is 4.40. The Labute approximate surface area is 136 Å². The molecule has 126 valence electrons. The Hall–Kier alpha value is -1.50. The zero-order chi connectivity index (χ0) is 16.5. The third kappa shape index (κ3) is 3.24. The predicted octanol–water partition coefficient (Wildman–Crippen LogP) is 1.93. The van der Waals surface area contributed by atoms with Gasteiger partial charge in [-0.15, -0.1) is 0 Å². The Bertz CT molecular complexity index is 692. The fourth-order valence-electron chi connectivity index (χ4n) is 3.38. The lowest BCUT2D eigenvalue weighted by Crippen LogP contribution is -2.40. The van der Waals surface area contributed by atoms with Gasteiger partial charge in [-0.1, -0.05) is 19.3 Å². The highest BCUT2D eigenvalue weighted by molar-refractivity contribution is 7.91. The van der Waals surface area contributed by atoms with Crippen molar-refractivity contribution in [2.75, 3.05) is 7.11 Å². The zero-order valence-electron chi connectivity index (χ0n) is 13.3. The summed E-state index contributed by atoms with van der Waals surface area (Å²) in [5.41, 5.74) is -0.159. The standard InChI is InChI=1S/C16H22N2O4S/c1-22-15(19)16(8-3-2-4-9-16)13-7-10-17-14(18-13)11-23(20,21)12-5-6-12/h7,10,12H,2-6,8-9,11H2,1H3. The molecule has 1 aromatic heterocycles. The number of esters is 1. The SMILES string of the molecule is COC(=O)C1(c2ccnc(CS(=O)(=O)C3CC3)n2)CCCCC1. The average Bonchev–Trinajstić information content (AvgIpc) is 3.40. The molecule has 7 heteroatoms. The van der Waals surface area contributed by atoms with Crippen molar-refractivity contribution in [1.29, 1.82) is 0 Å². The van der Waals surface area contributed by atoms with Gasteiger partial charge in [0.25, 0.3) is 0 Å². The molecule has 2 fully saturated rings. The van der Waals surface area contributed by atoms with Crippen LogP contribution in [0.15, 0.2) is 12.3 Å². The summed E-state index contributed by atoms with van der Waals surface area (Å²) in [5.74, 6) is -0.155. The maximum absolute atomic E-state index is 12.4. The highest BCUT2D eigenvalue weighted by Crippen LogP contribution is 2.39. The average molecular weight is 338 g/mol. The van der Waals surface area contributed by atoms with Crippen LogP contribution < -0.4 is 0 Å². The highest BCUT2D eigenvalue weighted by atomic mass is 32.2. The zero-order valence-corrected chi connectivity index (χ0v) is 14.1. The van der Waals surface area contributed by atoms with E-state index in [0.717, 1.165) is 32.1 Å². The molecule has 2 aliphatic rings. The minimum Gasteiger partial charge on any atom is -0.468 e. The summed E-state index contributed by atoms with van der Waals surface area (Å²) >= 11 is 0. The molecule has 0 atom stereocenters. The third-order valence-electron chi connectivity index (χ3n) is 4.84. The smallest absolute Gasteiger partial charge is 0.317 e. The van der Waals surface area contributed by atoms with E-state index >= 15 is 0 Å². The molecule has 0 saturated heterocycles. The Balaban J connectivity index is 1.91. The molecule has 0 radical (unpaired) electrons. The second-order valence-corrected chi connectivity index (χ2v) is 8.78. The van der Waals surface area contributed by atoms with Gasteiger partial charge in [-0.05, 0) is 31.7 Å². The number of hydrogen-bond acceptors (Lipinski definition) is 6. The minimum absolute atomic E-state index is 0.150. The van der Waals surface area contributed by atoms with Crippen LogP contribution in [0.4, 0.5) is 0 Å². The number of rotatable bonds is 5. The monoisotopic (exact) mass is 338 g/mol. The molecule has 0 amide bonds. The molecular weight excluding hydrogens is 316 g/mol. The molecule has 23 heavy (non-hydrogen) atoms. The molecule has 1 aromatic rings. The lowest BCUT2D eigenvalue weighted by atomic mass is 9.71. The van der Waals surface area contributed by atoms with E-state index in [0.29, 0.717) is 18.5 Å². The topological polar surface area (TPSA) is 86.2 Å². The minimum atomic E-state index is -3.17. The second-order valence-electron chi connectivity index (χ2n) is 6.50. The molecule has 2 aliphatic carbocycles. The quantitative estimate of drug-likeness (QED) is 0.763. The van der Waals surface area contributed by atoms with E-state index in [-0.39, 0.29) is 22.8 Å². The molecular formula is C16H22N2O4S. The highest BCUT2D eigenvalue weighted by Gasteiger charge is 2.44. The lowest BCUT2D eigenvalue weighted by Gasteiger charge is -2.33. The third-order valence-corrected chi connectivity index (χ3v) is 6.99. The van der Waals surface area contributed by atoms with Crippen molar-refractivity contribution >= 4 is 15.8 Å². The lowest BCUT2D eigenvalue weighted by molar-refractivity contribution is -0.149. The van der Waals surface area contributed by atoms with Crippen LogP contribution in [0.1, 0.15) is 56.5 Å². The van der Waals surface area contributed by atoms with Gasteiger partial charge in [0.15, 0.2) is 9.84 Å². The van der Waals surface area contributed by atoms with Crippen LogP contribution in [-0.4, -0.2) is 36.7 Å². The van der Waals surface area contributed by atoms with Gasteiger partial charge in [0, 0.05) is 6.20 Å². The van der Waals surface area contributed by atoms with Crippen LogP contribution in [0.3, 0.4) is 0 Å². The predicted molar refractivity (Wildman–Crippen MR) is 84.5 cm³/mol. The Morgan fingerprint density at radius 2 is 2.00 bits per heavy atom. The van der Waals surface area contributed by atoms with Crippen LogP contribution >= 0.6 is 0 Å². The summed E-state index contributed by atoms with van der Waals surface area (Å²) in [5, 5.41) is -0.237. The molecule has 2 saturated carbocycles. The molecule has 6 nitrogen and oxygen atoms in total. The normalized spacial score (nSPS) is 20.9. The second kappa shape index (κ2) is 6.19. The van der Waals surface area contributed by atoms with Gasteiger partial charge in [-0.25, -0.2) is 18.4 Å². The molecule has 0 bridgehead atoms. The van der Waals surface area contributed by atoms with Crippen molar-refractivity contribution in [2.45, 2.75) is 61.4 Å². The molecule has 3 rings (SSSR count). The summed E-state index contributed by atoms with van der Waals surface area (Å²) in [6.45, 7) is 0. The van der Waals surface area contributed by atoms with Crippen LogP contribution in [0, 0.1) is 0 Å². The van der Waals surface area contributed by atoms with Crippen molar-refractivity contribution in [1.82, 2.24) is 9.97 Å². The first kappa shape index (κ1) is 16.4. The van der Waals surface area contributed by atoms with Gasteiger partial charge in [-0.3, -0.25) is 4.79 Å². The first-order valence-electron chi connectivity index (χ1n) is 8.10. The number of ether oxygens (including phenoxy) is 1. The van der Waals surface area contributed by atoms with E-state index in [9.17, 15) is 13.2 Å². The number of nitrogens with zero attached hydrogens (tertiary/aromatic N) is 2. The Morgan fingerprint density at radius 1 is 1.30 bits per heavy atom. The van der Waals surface area contributed by atoms with Gasteiger partial charge in [0.1, 0.15) is 17.0 Å². The van der Waals surface area contributed by atoms with Crippen LogP contribution in [-0.2, 0) is 30.5 Å². The molecule has 0 aliphatic heterocycles. The number of methoxy groups -OCH3 is 1. The van der Waals surface area contributed by atoms with E-state index in [1.165, 1.54) is 7.11 Å². The van der Waals surface area contributed by atoms with Crippen molar-refractivity contribution in [3.8, 4) is 0 Å². The number of sulfone groups is 1. The van der Waals surface area contributed by atoms with Crippen LogP contribution in [0.25, 0.3) is 0 Å². The summed E-state index contributed by atoms with van der Waals surface area (Å²) < 4.78 is 29.3. The molecule has 0 unspecified atom stereocenters.